The molecule has 0 bridgehead atoms. The number of carbonyl (C=O) groups excluding carboxylic acids is 4. The number of sulfonamides is 1. The molecule has 3 atom stereocenters. The summed E-state index contributed by atoms with van der Waals surface area (Å²) in [4.78, 5) is 56.6. The van der Waals surface area contributed by atoms with Crippen LogP contribution in [0.3, 0.4) is 0 Å². The zero-order valence-electron chi connectivity index (χ0n) is 28.1. The summed E-state index contributed by atoms with van der Waals surface area (Å²) < 4.78 is 25.8. The molecule has 2 aromatic carbocycles. The molecule has 0 saturated carbocycles. The molecule has 0 radical (unpaired) electrons. The van der Waals surface area contributed by atoms with Crippen LogP contribution < -0.4 is 30.9 Å². The van der Waals surface area contributed by atoms with Crippen LogP contribution in [-0.2, 0) is 32.6 Å². The first kappa shape index (κ1) is 38.1. The zero-order valence-corrected chi connectivity index (χ0v) is 29.7. The molecule has 3 rings (SSSR count). The largest absolute Gasteiger partial charge is 0.355 e. The number of hydrogen-bond acceptors (Lipinski definition) is 9. The SMILES string of the molecule is CCNC(=O)[C@@H](NC(=O)[C@H](C)NC[C@H](Cc1ccccc1)NC(=O)c1cc(C(=O)NCc2nccs2)cc(N(C)S(C)(=O)=O)c1)C(C)C. The Kier molecular flexibility index (Phi) is 14.1. The number of hydrogen-bond donors (Lipinski definition) is 5. The first-order valence-corrected chi connectivity index (χ1v) is 18.3. The van der Waals surface area contributed by atoms with E-state index in [4.69, 9.17) is 0 Å². The van der Waals surface area contributed by atoms with E-state index >= 15 is 0 Å². The maximum Gasteiger partial charge on any atom is 0.251 e. The van der Waals surface area contributed by atoms with Crippen LogP contribution in [0.4, 0.5) is 5.69 Å². The van der Waals surface area contributed by atoms with Gasteiger partial charge in [0.25, 0.3) is 11.8 Å². The number of nitrogens with one attached hydrogen (secondary N) is 5. The van der Waals surface area contributed by atoms with E-state index < -0.39 is 40.0 Å². The molecule has 1 heterocycles. The van der Waals surface area contributed by atoms with E-state index in [1.165, 1.54) is 36.6 Å². The highest BCUT2D eigenvalue weighted by Crippen LogP contribution is 2.21. The van der Waals surface area contributed by atoms with Gasteiger partial charge in [-0.15, -0.1) is 11.3 Å². The molecule has 1 aromatic heterocycles. The standard InChI is InChI=1S/C33H45N7O6S2/c1-7-34-33(44)29(21(2)3)39-30(41)22(4)36-19-26(15-23-11-9-8-10-12-23)38-32(43)25-16-24(17-27(18-25)40(5)48(6,45)46)31(42)37-20-28-35-13-14-47-28/h8-14,16-18,21-22,26,29,36H,7,15,19-20H2,1-6H3,(H,34,44)(H,37,42)(H,38,43)(H,39,41)/t22-,26-,29-/m0/s1. The van der Waals surface area contributed by atoms with Gasteiger partial charge in [-0.3, -0.25) is 23.5 Å². The fraction of sp³-hybridized carbons (Fsp3) is 0.424. The van der Waals surface area contributed by atoms with Crippen LogP contribution in [0.25, 0.3) is 0 Å². The molecule has 0 aliphatic rings. The van der Waals surface area contributed by atoms with Crippen molar-refractivity contribution in [2.75, 3.05) is 30.7 Å². The summed E-state index contributed by atoms with van der Waals surface area (Å²) in [7, 11) is -2.37. The third-order valence-corrected chi connectivity index (χ3v) is 9.49. The highest BCUT2D eigenvalue weighted by Gasteiger charge is 2.27. The summed E-state index contributed by atoms with van der Waals surface area (Å²) in [5.74, 6) is -1.80. The summed E-state index contributed by atoms with van der Waals surface area (Å²) in [6.07, 6.45) is 3.06. The highest BCUT2D eigenvalue weighted by atomic mass is 32.2. The third-order valence-electron chi connectivity index (χ3n) is 7.51. The van der Waals surface area contributed by atoms with Crippen molar-refractivity contribution in [3.05, 3.63) is 81.8 Å². The Morgan fingerprint density at radius 1 is 0.917 bits per heavy atom. The van der Waals surface area contributed by atoms with Crippen molar-refractivity contribution in [1.29, 1.82) is 0 Å². The molecule has 0 spiro atoms. The molecule has 0 aliphatic heterocycles. The number of aromatic nitrogens is 1. The highest BCUT2D eigenvalue weighted by molar-refractivity contribution is 7.92. The van der Waals surface area contributed by atoms with Crippen molar-refractivity contribution >= 4 is 50.7 Å². The fourth-order valence-corrected chi connectivity index (χ4v) is 5.74. The minimum Gasteiger partial charge on any atom is -0.355 e. The minimum absolute atomic E-state index is 0.0768. The maximum absolute atomic E-state index is 13.8. The normalized spacial score (nSPS) is 13.2. The molecule has 0 saturated heterocycles. The van der Waals surface area contributed by atoms with E-state index in [9.17, 15) is 27.6 Å². The zero-order chi connectivity index (χ0) is 35.4. The van der Waals surface area contributed by atoms with Gasteiger partial charge in [0.15, 0.2) is 0 Å². The molecule has 0 unspecified atom stereocenters. The van der Waals surface area contributed by atoms with Crippen molar-refractivity contribution < 1.29 is 27.6 Å². The van der Waals surface area contributed by atoms with Gasteiger partial charge in [-0.05, 0) is 49.9 Å². The van der Waals surface area contributed by atoms with Crippen LogP contribution >= 0.6 is 11.3 Å². The van der Waals surface area contributed by atoms with E-state index in [0.29, 0.717) is 18.0 Å². The van der Waals surface area contributed by atoms with Crippen molar-refractivity contribution in [1.82, 2.24) is 31.6 Å². The number of benzene rings is 2. The first-order valence-electron chi connectivity index (χ1n) is 15.6. The van der Waals surface area contributed by atoms with Gasteiger partial charge in [0, 0.05) is 48.9 Å². The Hall–Kier alpha value is -4.34. The topological polar surface area (TPSA) is 179 Å². The molecule has 13 nitrogen and oxygen atoms in total. The molecule has 15 heteroatoms. The number of carbonyl (C=O) groups is 4. The number of thiazole rings is 1. The number of anilines is 1. The van der Waals surface area contributed by atoms with Gasteiger partial charge < -0.3 is 26.6 Å². The quantitative estimate of drug-likeness (QED) is 0.142. The van der Waals surface area contributed by atoms with Crippen LogP contribution in [0.1, 0.15) is 59.0 Å². The second kappa shape index (κ2) is 17.7. The van der Waals surface area contributed by atoms with Crippen LogP contribution in [0, 0.1) is 5.92 Å². The molecular weight excluding hydrogens is 655 g/mol. The lowest BCUT2D eigenvalue weighted by Crippen LogP contribution is -2.55. The predicted octanol–water partition coefficient (Wildman–Crippen LogP) is 2.07. The average Bonchev–Trinajstić information content (AvgIpc) is 3.58. The molecule has 5 N–H and O–H groups in total. The van der Waals surface area contributed by atoms with E-state index in [0.717, 1.165) is 16.1 Å². The second-order valence-electron chi connectivity index (χ2n) is 11.7. The van der Waals surface area contributed by atoms with Crippen LogP contribution in [0.2, 0.25) is 0 Å². The van der Waals surface area contributed by atoms with Crippen molar-refractivity contribution in [2.45, 2.75) is 58.8 Å². The van der Waals surface area contributed by atoms with Gasteiger partial charge in [-0.1, -0.05) is 44.2 Å². The molecule has 0 aliphatic carbocycles. The number of likely N-dealkylation sites (N-methyl/N-ethyl adjacent to an activating group) is 1. The van der Waals surface area contributed by atoms with Crippen LogP contribution in [-0.4, -0.2) is 81.5 Å². The van der Waals surface area contributed by atoms with Crippen LogP contribution in [0.15, 0.2) is 60.1 Å². The smallest absolute Gasteiger partial charge is 0.251 e. The van der Waals surface area contributed by atoms with Gasteiger partial charge in [0.05, 0.1) is 24.5 Å². The molecule has 260 valence electrons. The van der Waals surface area contributed by atoms with Crippen molar-refractivity contribution in [3.63, 3.8) is 0 Å². The Balaban J connectivity index is 1.83. The number of rotatable bonds is 17. The van der Waals surface area contributed by atoms with Gasteiger partial charge in [0.2, 0.25) is 21.8 Å². The summed E-state index contributed by atoms with van der Waals surface area (Å²) >= 11 is 1.38. The maximum atomic E-state index is 13.8. The number of amides is 4. The lowest BCUT2D eigenvalue weighted by Gasteiger charge is -2.25. The Bertz CT molecular complexity index is 1650. The second-order valence-corrected chi connectivity index (χ2v) is 14.7. The molecule has 48 heavy (non-hydrogen) atoms. The average molecular weight is 700 g/mol. The van der Waals surface area contributed by atoms with E-state index in [2.05, 4.69) is 31.6 Å². The first-order chi connectivity index (χ1) is 22.7. The van der Waals surface area contributed by atoms with Gasteiger partial charge >= 0.3 is 0 Å². The Morgan fingerprint density at radius 2 is 1.58 bits per heavy atom. The van der Waals surface area contributed by atoms with Crippen LogP contribution in [0.5, 0.6) is 0 Å². The van der Waals surface area contributed by atoms with E-state index in [1.807, 2.05) is 51.1 Å². The van der Waals surface area contributed by atoms with Crippen molar-refractivity contribution in [3.8, 4) is 0 Å². The lowest BCUT2D eigenvalue weighted by atomic mass is 10.0. The number of nitrogens with zero attached hydrogens (tertiary/aromatic N) is 2. The summed E-state index contributed by atoms with van der Waals surface area (Å²) in [5.41, 5.74) is 1.25. The molecule has 3 aromatic rings. The Morgan fingerprint density at radius 3 is 2.17 bits per heavy atom. The molecular formula is C33H45N7O6S2. The minimum atomic E-state index is -3.71. The fourth-order valence-electron chi connectivity index (χ4n) is 4.70. The van der Waals surface area contributed by atoms with Gasteiger partial charge in [-0.2, -0.15) is 0 Å². The van der Waals surface area contributed by atoms with Crippen molar-refractivity contribution in [2.24, 2.45) is 5.92 Å². The van der Waals surface area contributed by atoms with E-state index in [-0.39, 0.29) is 47.6 Å². The molecule has 4 amide bonds. The monoisotopic (exact) mass is 699 g/mol. The predicted molar refractivity (Wildman–Crippen MR) is 187 cm³/mol. The lowest BCUT2D eigenvalue weighted by molar-refractivity contribution is -0.130. The summed E-state index contributed by atoms with van der Waals surface area (Å²) in [6.45, 7) is 7.98. The Labute approximate surface area is 286 Å². The van der Waals surface area contributed by atoms with Gasteiger partial charge in [0.1, 0.15) is 11.0 Å². The third kappa shape index (κ3) is 11.4. The summed E-state index contributed by atoms with van der Waals surface area (Å²) in [5, 5.41) is 16.9. The van der Waals surface area contributed by atoms with E-state index in [1.54, 1.807) is 18.5 Å². The summed E-state index contributed by atoms with van der Waals surface area (Å²) in [6, 6.07) is 11.8. The van der Waals surface area contributed by atoms with Gasteiger partial charge in [-0.25, -0.2) is 13.4 Å². The molecule has 0 fully saturated rings.